The molecule has 0 amide bonds. The van der Waals surface area contributed by atoms with Crippen LogP contribution in [0.25, 0.3) is 0 Å². The average Bonchev–Trinajstić information content (AvgIpc) is 2.35. The van der Waals surface area contributed by atoms with Gasteiger partial charge in [-0.1, -0.05) is 13.0 Å². The lowest BCUT2D eigenvalue weighted by Crippen LogP contribution is -2.18. The van der Waals surface area contributed by atoms with Gasteiger partial charge in [-0.2, -0.15) is 0 Å². The van der Waals surface area contributed by atoms with Crippen molar-refractivity contribution in [1.82, 2.24) is 0 Å². The maximum atomic E-state index is 5.95. The van der Waals surface area contributed by atoms with Crippen molar-refractivity contribution < 1.29 is 4.74 Å². The minimum Gasteiger partial charge on any atom is -0.494 e. The number of hydrogen-bond acceptors (Lipinski definition) is 2. The molecule has 2 nitrogen and oxygen atoms in total. The molecule has 0 heterocycles. The number of nitrogens with two attached hydrogens (primary N) is 1. The first-order valence-corrected chi connectivity index (χ1v) is 7.07. The molecule has 0 aliphatic carbocycles. The molecule has 0 aliphatic heterocycles. The second kappa shape index (κ2) is 7.42. The predicted octanol–water partition coefficient (Wildman–Crippen LogP) is 3.76. The maximum Gasteiger partial charge on any atom is 0.122 e. The summed E-state index contributed by atoms with van der Waals surface area (Å²) in [6.07, 6.45) is 4.47. The lowest BCUT2D eigenvalue weighted by Gasteiger charge is -2.13. The molecule has 1 aromatic carbocycles. The zero-order valence-corrected chi connectivity index (χ0v) is 12.3. The van der Waals surface area contributed by atoms with Gasteiger partial charge < -0.3 is 10.5 Å². The second-order valence-electron chi connectivity index (χ2n) is 5.04. The van der Waals surface area contributed by atoms with E-state index in [1.807, 2.05) is 6.92 Å². The van der Waals surface area contributed by atoms with Gasteiger partial charge in [0.1, 0.15) is 5.75 Å². The molecule has 0 fully saturated rings. The van der Waals surface area contributed by atoms with Crippen molar-refractivity contribution in [2.24, 2.45) is 5.73 Å². The zero-order valence-electron chi connectivity index (χ0n) is 12.3. The number of benzene rings is 1. The molecule has 0 saturated heterocycles. The summed E-state index contributed by atoms with van der Waals surface area (Å²) in [7, 11) is 0. The fourth-order valence-corrected chi connectivity index (χ4v) is 2.19. The van der Waals surface area contributed by atoms with Crippen molar-refractivity contribution in [3.63, 3.8) is 0 Å². The van der Waals surface area contributed by atoms with Crippen LogP contribution in [0, 0.1) is 13.8 Å². The summed E-state index contributed by atoms with van der Waals surface area (Å²) in [4.78, 5) is 0. The van der Waals surface area contributed by atoms with Crippen LogP contribution in [0.5, 0.6) is 5.75 Å². The number of hydrogen-bond donors (Lipinski definition) is 1. The van der Waals surface area contributed by atoms with Crippen LogP contribution < -0.4 is 10.5 Å². The summed E-state index contributed by atoms with van der Waals surface area (Å²) < 4.78 is 5.61. The molecule has 1 unspecified atom stereocenters. The molecule has 102 valence electrons. The Balaban J connectivity index is 2.64. The molecule has 0 aromatic heterocycles. The van der Waals surface area contributed by atoms with Crippen LogP contribution in [0.15, 0.2) is 12.1 Å². The van der Waals surface area contributed by atoms with Crippen LogP contribution in [0.1, 0.15) is 49.8 Å². The highest BCUT2D eigenvalue weighted by atomic mass is 16.5. The molecule has 0 aliphatic rings. The zero-order chi connectivity index (χ0) is 13.5. The second-order valence-corrected chi connectivity index (χ2v) is 5.04. The summed E-state index contributed by atoms with van der Waals surface area (Å²) in [5, 5.41) is 0. The van der Waals surface area contributed by atoms with Gasteiger partial charge in [0.05, 0.1) is 6.61 Å². The lowest BCUT2D eigenvalue weighted by molar-refractivity contribution is 0.337. The molecule has 0 saturated carbocycles. The van der Waals surface area contributed by atoms with E-state index in [0.717, 1.165) is 31.6 Å². The van der Waals surface area contributed by atoms with Crippen molar-refractivity contribution in [2.45, 2.75) is 59.4 Å². The Bertz CT molecular complexity index is 374. The molecule has 18 heavy (non-hydrogen) atoms. The van der Waals surface area contributed by atoms with Crippen LogP contribution in [0.3, 0.4) is 0 Å². The molecule has 1 rings (SSSR count). The first-order valence-electron chi connectivity index (χ1n) is 7.07. The van der Waals surface area contributed by atoms with E-state index in [2.05, 4.69) is 32.9 Å². The Kier molecular flexibility index (Phi) is 6.20. The van der Waals surface area contributed by atoms with Crippen molar-refractivity contribution in [3.8, 4) is 5.75 Å². The van der Waals surface area contributed by atoms with Crippen LogP contribution in [0.2, 0.25) is 0 Å². The van der Waals surface area contributed by atoms with E-state index in [1.165, 1.54) is 23.1 Å². The van der Waals surface area contributed by atoms with Gasteiger partial charge in [0.2, 0.25) is 0 Å². The Hall–Kier alpha value is -1.02. The average molecular weight is 249 g/mol. The van der Waals surface area contributed by atoms with E-state index in [4.69, 9.17) is 10.5 Å². The molecular formula is C16H27NO. The summed E-state index contributed by atoms with van der Waals surface area (Å²) in [6, 6.07) is 4.78. The standard InChI is InChI=1S/C16H27NO/c1-5-15(17)9-7-8-14-10-13(4)16(18-6-2)11-12(14)3/h10-11,15H,5-9,17H2,1-4H3. The minimum absolute atomic E-state index is 0.356. The predicted molar refractivity (Wildman–Crippen MR) is 78.3 cm³/mol. The summed E-state index contributed by atoms with van der Waals surface area (Å²) in [5.74, 6) is 1.02. The first-order chi connectivity index (χ1) is 8.58. The van der Waals surface area contributed by atoms with Crippen LogP contribution >= 0.6 is 0 Å². The Morgan fingerprint density at radius 3 is 2.50 bits per heavy atom. The smallest absolute Gasteiger partial charge is 0.122 e. The minimum atomic E-state index is 0.356. The van der Waals surface area contributed by atoms with E-state index in [0.29, 0.717) is 6.04 Å². The van der Waals surface area contributed by atoms with Crippen molar-refractivity contribution in [2.75, 3.05) is 6.61 Å². The topological polar surface area (TPSA) is 35.2 Å². The normalized spacial score (nSPS) is 12.5. The molecule has 2 heteroatoms. The van der Waals surface area contributed by atoms with E-state index in [9.17, 15) is 0 Å². The Morgan fingerprint density at radius 2 is 1.89 bits per heavy atom. The third-order valence-corrected chi connectivity index (χ3v) is 3.48. The summed E-state index contributed by atoms with van der Waals surface area (Å²) in [5.41, 5.74) is 9.94. The molecule has 0 radical (unpaired) electrons. The fraction of sp³-hybridized carbons (Fsp3) is 0.625. The largest absolute Gasteiger partial charge is 0.494 e. The van der Waals surface area contributed by atoms with Gasteiger partial charge in [0.25, 0.3) is 0 Å². The van der Waals surface area contributed by atoms with Crippen molar-refractivity contribution in [1.29, 1.82) is 0 Å². The number of aryl methyl sites for hydroxylation is 3. The third kappa shape index (κ3) is 4.34. The van der Waals surface area contributed by atoms with Gasteiger partial charge in [-0.25, -0.2) is 0 Å². The van der Waals surface area contributed by atoms with E-state index < -0.39 is 0 Å². The van der Waals surface area contributed by atoms with Crippen LogP contribution in [0.4, 0.5) is 0 Å². The van der Waals surface area contributed by atoms with Gasteiger partial charge in [-0.3, -0.25) is 0 Å². The molecule has 2 N–H and O–H groups in total. The highest BCUT2D eigenvalue weighted by Gasteiger charge is 2.06. The SMILES string of the molecule is CCOc1cc(C)c(CCCC(N)CC)cc1C. The first kappa shape index (κ1) is 15.0. The molecule has 1 atom stereocenters. The lowest BCUT2D eigenvalue weighted by atomic mass is 9.98. The monoisotopic (exact) mass is 249 g/mol. The Labute approximate surface area is 112 Å². The molecule has 0 spiro atoms. The number of rotatable bonds is 7. The highest BCUT2D eigenvalue weighted by Crippen LogP contribution is 2.24. The molecule has 0 bridgehead atoms. The van der Waals surface area contributed by atoms with Crippen LogP contribution in [-0.4, -0.2) is 12.6 Å². The van der Waals surface area contributed by atoms with Gasteiger partial charge in [0, 0.05) is 6.04 Å². The van der Waals surface area contributed by atoms with E-state index >= 15 is 0 Å². The third-order valence-electron chi connectivity index (χ3n) is 3.48. The number of ether oxygens (including phenoxy) is 1. The van der Waals surface area contributed by atoms with Gasteiger partial charge in [-0.05, 0) is 69.2 Å². The van der Waals surface area contributed by atoms with Gasteiger partial charge >= 0.3 is 0 Å². The molecule has 1 aromatic rings. The highest BCUT2D eigenvalue weighted by molar-refractivity contribution is 5.41. The summed E-state index contributed by atoms with van der Waals surface area (Å²) in [6.45, 7) is 9.18. The van der Waals surface area contributed by atoms with E-state index in [1.54, 1.807) is 0 Å². The van der Waals surface area contributed by atoms with Gasteiger partial charge in [-0.15, -0.1) is 0 Å². The van der Waals surface area contributed by atoms with Crippen molar-refractivity contribution in [3.05, 3.63) is 28.8 Å². The Morgan fingerprint density at radius 1 is 1.17 bits per heavy atom. The van der Waals surface area contributed by atoms with E-state index in [-0.39, 0.29) is 0 Å². The van der Waals surface area contributed by atoms with Crippen molar-refractivity contribution >= 4 is 0 Å². The quantitative estimate of drug-likeness (QED) is 0.798. The van der Waals surface area contributed by atoms with Crippen LogP contribution in [-0.2, 0) is 6.42 Å². The molecular weight excluding hydrogens is 222 g/mol. The summed E-state index contributed by atoms with van der Waals surface area (Å²) >= 11 is 0. The fourth-order valence-electron chi connectivity index (χ4n) is 2.19. The maximum absolute atomic E-state index is 5.95. The van der Waals surface area contributed by atoms with Gasteiger partial charge in [0.15, 0.2) is 0 Å².